The number of carbonyl (C=O) groups is 2. The monoisotopic (exact) mass is 796 g/mol. The van der Waals surface area contributed by atoms with Gasteiger partial charge < -0.3 is 55.7 Å². The zero-order chi connectivity index (χ0) is 38.2. The van der Waals surface area contributed by atoms with E-state index in [-0.39, 0.29) is 45.6 Å². The molecule has 3 aromatic rings. The quantitative estimate of drug-likeness (QED) is 0.169. The predicted molar refractivity (Wildman–Crippen MR) is 197 cm³/mol. The van der Waals surface area contributed by atoms with Crippen molar-refractivity contribution in [1.82, 2.24) is 0 Å². The minimum absolute atomic E-state index is 0. The maximum absolute atomic E-state index is 13.5. The number of aromatic carboxylic acids is 1. The lowest BCUT2D eigenvalue weighted by Crippen LogP contribution is -3.16. The summed E-state index contributed by atoms with van der Waals surface area (Å²) in [5, 5.41) is 46.5. The van der Waals surface area contributed by atoms with Crippen LogP contribution in [0.3, 0.4) is 0 Å². The zero-order valence-electron chi connectivity index (χ0n) is 30.5. The largest absolute Gasteiger partial charge is 0.545 e. The van der Waals surface area contributed by atoms with Crippen LogP contribution in [0.5, 0.6) is 11.5 Å². The normalized spacial score (nSPS) is 26.2. The number of fused-ring (bicyclic) bond motifs is 2. The van der Waals surface area contributed by atoms with Gasteiger partial charge in [-0.05, 0) is 29.2 Å². The van der Waals surface area contributed by atoms with Crippen molar-refractivity contribution in [2.45, 2.75) is 42.9 Å². The van der Waals surface area contributed by atoms with Crippen LogP contribution in [-0.4, -0.2) is 95.2 Å². The number of amides is 1. The van der Waals surface area contributed by atoms with E-state index in [9.17, 15) is 45.0 Å². The highest BCUT2D eigenvalue weighted by Crippen LogP contribution is 2.63. The van der Waals surface area contributed by atoms with Crippen LogP contribution in [0.15, 0.2) is 60.2 Å². The highest BCUT2D eigenvalue weighted by Gasteiger charge is 2.73. The first-order valence-corrected chi connectivity index (χ1v) is 17.3. The number of nitrogens with one attached hydrogen (secondary N) is 2. The van der Waals surface area contributed by atoms with Gasteiger partial charge in [-0.2, -0.15) is 0 Å². The lowest BCUT2D eigenvalue weighted by Gasteiger charge is -2.56. The number of non-ortho nitro benzene ring substituents is 1. The number of carboxylic acids is 1. The average Bonchev–Trinajstić information content (AvgIpc) is 3.62. The van der Waals surface area contributed by atoms with E-state index in [0.29, 0.717) is 48.8 Å². The number of rotatable bonds is 8. The molecule has 1 aliphatic carbocycles. The molecule has 1 saturated carbocycles. The number of carboxylic acid groups (broad SMARTS) is 1. The van der Waals surface area contributed by atoms with E-state index in [1.54, 1.807) is 24.7 Å². The second-order valence-electron chi connectivity index (χ2n) is 14.2. The van der Waals surface area contributed by atoms with Gasteiger partial charge in [-0.25, -0.2) is 0 Å². The summed E-state index contributed by atoms with van der Waals surface area (Å²) in [6.45, 7) is 2.98. The molecule has 2 bridgehead atoms. The summed E-state index contributed by atoms with van der Waals surface area (Å²) in [4.78, 5) is 58.4. The Labute approximate surface area is 322 Å². The SMILES string of the molecule is COc1cc2c(cc1OC)[C@@]13CC[NH+]4CC5=CCO[C@H]6CC(=O)N2[C@H]1[C@H]6[C@H]5C[C@H]43.O.O.O.O=C([O-])c1ccccc1Nc1c([N+](=O)[O-])cc([N+](=O)[O-])cc1[N+](=O)[O-]. The molecule has 7 atom stereocenters. The summed E-state index contributed by atoms with van der Waals surface area (Å²) >= 11 is 0. The number of para-hydroxylation sites is 1. The molecular formula is C36H40N6O15. The summed E-state index contributed by atoms with van der Waals surface area (Å²) < 4.78 is 17.6. The second-order valence-corrected chi connectivity index (χ2v) is 14.2. The Morgan fingerprint density at radius 2 is 1.61 bits per heavy atom. The van der Waals surface area contributed by atoms with Crippen molar-refractivity contribution < 1.29 is 65.0 Å². The number of hydrogen-bond donors (Lipinski definition) is 2. The van der Waals surface area contributed by atoms with Gasteiger partial charge in [0.1, 0.15) is 6.04 Å². The number of nitrogens with zero attached hydrogens (tertiary/aromatic N) is 4. The fraction of sp³-hybridized carbons (Fsp3) is 0.389. The van der Waals surface area contributed by atoms with E-state index in [4.69, 9.17) is 14.2 Å². The number of methoxy groups -OCH3 is 2. The van der Waals surface area contributed by atoms with Crippen molar-refractivity contribution >= 4 is 46.0 Å². The number of anilines is 3. The van der Waals surface area contributed by atoms with Crippen LogP contribution in [0.1, 0.15) is 35.2 Å². The third kappa shape index (κ3) is 6.24. The lowest BCUT2D eigenvalue weighted by atomic mass is 9.53. The first kappa shape index (κ1) is 41.9. The molecule has 5 aliphatic heterocycles. The summed E-state index contributed by atoms with van der Waals surface area (Å²) in [5.41, 5.74) is -0.0796. The van der Waals surface area contributed by atoms with Crippen LogP contribution < -0.4 is 29.7 Å². The summed E-state index contributed by atoms with van der Waals surface area (Å²) in [5.74, 6) is 1.02. The minimum Gasteiger partial charge on any atom is -0.545 e. The molecule has 21 heteroatoms. The summed E-state index contributed by atoms with van der Waals surface area (Å²) in [6, 6.07) is 11.2. The lowest BCUT2D eigenvalue weighted by molar-refractivity contribution is -0.916. The van der Waals surface area contributed by atoms with Gasteiger partial charge in [-0.1, -0.05) is 24.3 Å². The molecule has 5 heterocycles. The van der Waals surface area contributed by atoms with Crippen LogP contribution in [0.4, 0.5) is 34.1 Å². The molecule has 21 nitrogen and oxygen atoms in total. The van der Waals surface area contributed by atoms with Gasteiger partial charge in [0, 0.05) is 36.1 Å². The van der Waals surface area contributed by atoms with Crippen molar-refractivity contribution in [3.8, 4) is 11.5 Å². The number of quaternary nitrogens is 1. The molecule has 4 fully saturated rings. The molecule has 3 saturated heterocycles. The molecule has 304 valence electrons. The van der Waals surface area contributed by atoms with Gasteiger partial charge in [-0.3, -0.25) is 35.1 Å². The maximum atomic E-state index is 13.5. The van der Waals surface area contributed by atoms with Crippen molar-refractivity contribution in [1.29, 1.82) is 0 Å². The number of hydrogen-bond acceptors (Lipinski definition) is 13. The number of ether oxygens (including phenoxy) is 3. The van der Waals surface area contributed by atoms with Gasteiger partial charge in [0.25, 0.3) is 5.69 Å². The number of benzene rings is 3. The van der Waals surface area contributed by atoms with Crippen LogP contribution in [0.2, 0.25) is 0 Å². The van der Waals surface area contributed by atoms with E-state index in [1.165, 1.54) is 36.7 Å². The van der Waals surface area contributed by atoms with Gasteiger partial charge in [0.15, 0.2) is 17.2 Å². The zero-order valence-corrected chi connectivity index (χ0v) is 30.5. The fourth-order valence-electron chi connectivity index (χ4n) is 10.1. The molecule has 1 amide bonds. The predicted octanol–water partition coefficient (Wildman–Crippen LogP) is -0.263. The van der Waals surface area contributed by atoms with Crippen molar-refractivity contribution in [2.75, 3.05) is 44.1 Å². The van der Waals surface area contributed by atoms with Crippen molar-refractivity contribution in [3.63, 3.8) is 0 Å². The maximum Gasteiger partial charge on any atom is 0.306 e. The van der Waals surface area contributed by atoms with Gasteiger partial charge in [0.05, 0.1) is 96.5 Å². The summed E-state index contributed by atoms with van der Waals surface area (Å²) in [6.07, 6.45) is 5.22. The topological polar surface area (TPSA) is 329 Å². The average molecular weight is 797 g/mol. The van der Waals surface area contributed by atoms with Crippen LogP contribution in [-0.2, 0) is 14.9 Å². The highest BCUT2D eigenvalue weighted by molar-refractivity contribution is 6.00. The van der Waals surface area contributed by atoms with E-state index in [2.05, 4.69) is 28.4 Å². The third-order valence-corrected chi connectivity index (χ3v) is 12.1. The summed E-state index contributed by atoms with van der Waals surface area (Å²) in [7, 11) is 3.37. The van der Waals surface area contributed by atoms with Gasteiger partial charge >= 0.3 is 11.4 Å². The van der Waals surface area contributed by atoms with Crippen LogP contribution in [0.25, 0.3) is 0 Å². The highest BCUT2D eigenvalue weighted by atomic mass is 16.6. The molecular weight excluding hydrogens is 756 g/mol. The first-order chi connectivity index (χ1) is 25.9. The Morgan fingerprint density at radius 1 is 0.965 bits per heavy atom. The Balaban J connectivity index is 0.000000210. The fourth-order valence-corrected chi connectivity index (χ4v) is 10.1. The number of carbonyl (C=O) groups excluding carboxylic acids is 2. The number of nitro benzene ring substituents is 3. The van der Waals surface area contributed by atoms with Crippen molar-refractivity contribution in [3.05, 3.63) is 102 Å². The molecule has 1 unspecified atom stereocenters. The van der Waals surface area contributed by atoms with Crippen LogP contribution in [0, 0.1) is 42.2 Å². The number of piperidine rings is 2. The number of nitro groups is 3. The second kappa shape index (κ2) is 15.3. The molecule has 57 heavy (non-hydrogen) atoms. The molecule has 0 radical (unpaired) electrons. The molecule has 9 rings (SSSR count). The molecule has 1 spiro atoms. The standard InChI is InChI=1S/C23H26N2O4.C13H8N4O8.3H2O/c1-27-16-8-14-15(9-17(16)28-2)25-20(26)10-18-21-13-7-19-23(14,22(21)25)4-5-24(19)11-12(13)3-6-29-18;18-13(19)8-3-1-2-4-9(8)14-12-10(16(22)23)5-7(15(20)21)6-11(12)17(24)25;;;/h3,8-9,13,18-19,21-22H,4-7,10-11H2,1-2H3;1-6,14H,(H,18,19);3*1H2/t13-,18-,19-,21-,22-,23+;;;;/m0..../s1. The smallest absolute Gasteiger partial charge is 0.306 e. The van der Waals surface area contributed by atoms with E-state index < -0.39 is 49.1 Å². The van der Waals surface area contributed by atoms with Crippen LogP contribution >= 0.6 is 0 Å². The molecule has 6 aliphatic rings. The first-order valence-electron chi connectivity index (χ1n) is 17.3. The Bertz CT molecular complexity index is 2160. The third-order valence-electron chi connectivity index (χ3n) is 12.1. The Morgan fingerprint density at radius 3 is 2.23 bits per heavy atom. The molecule has 8 N–H and O–H groups in total. The Kier molecular flexibility index (Phi) is 11.3. The Hall–Kier alpha value is -6.26. The molecule has 3 aromatic carbocycles. The van der Waals surface area contributed by atoms with E-state index >= 15 is 0 Å². The minimum atomic E-state index is -1.62. The van der Waals surface area contributed by atoms with Gasteiger partial charge in [0.2, 0.25) is 5.91 Å². The molecule has 0 aromatic heterocycles. The van der Waals surface area contributed by atoms with E-state index in [0.717, 1.165) is 30.5 Å². The van der Waals surface area contributed by atoms with Gasteiger partial charge in [-0.15, -0.1) is 0 Å². The van der Waals surface area contributed by atoms with E-state index in [1.807, 2.05) is 0 Å². The van der Waals surface area contributed by atoms with Crippen molar-refractivity contribution in [2.24, 2.45) is 11.8 Å².